The van der Waals surface area contributed by atoms with Crippen LogP contribution in [0.2, 0.25) is 20.1 Å². The van der Waals surface area contributed by atoms with Crippen LogP contribution in [0.25, 0.3) is 0 Å². The summed E-state index contributed by atoms with van der Waals surface area (Å²) in [6.45, 7) is 4.76. The van der Waals surface area contributed by atoms with E-state index >= 15 is 0 Å². The van der Waals surface area contributed by atoms with Crippen molar-refractivity contribution in [3.63, 3.8) is 0 Å². The molecule has 2 aromatic carbocycles. The Balaban J connectivity index is 2.51. The van der Waals surface area contributed by atoms with Gasteiger partial charge in [0.05, 0.1) is 11.9 Å². The number of amides is 2. The van der Waals surface area contributed by atoms with Crippen LogP contribution in [0.1, 0.15) is 32.8 Å². The summed E-state index contributed by atoms with van der Waals surface area (Å²) in [6.07, 6.45) is 1.26. The van der Waals surface area contributed by atoms with Gasteiger partial charge in [-0.2, -0.15) is 0 Å². The fourth-order valence-electron chi connectivity index (χ4n) is 3.43. The molecule has 2 aromatic rings. The first-order chi connectivity index (χ1) is 16.2. The van der Waals surface area contributed by atoms with Gasteiger partial charge in [0.2, 0.25) is 21.8 Å². The zero-order chi connectivity index (χ0) is 26.5. The van der Waals surface area contributed by atoms with Crippen LogP contribution in [0.5, 0.6) is 0 Å². The molecule has 0 heterocycles. The second-order valence-electron chi connectivity index (χ2n) is 8.24. The zero-order valence-corrected chi connectivity index (χ0v) is 23.5. The molecule has 192 valence electrons. The van der Waals surface area contributed by atoms with Crippen LogP contribution < -0.4 is 9.62 Å². The standard InChI is InChI=1S/C23H27Cl4N3O4S/c1-5-21(23(32)28-14(2)3)29(12-15-6-7-16(24)11-20(15)27)22(31)13-30(35(4,33)34)19-9-17(25)8-18(26)10-19/h6-11,14,21H,5,12-13H2,1-4H3,(H,28,32)/t21-/m0/s1. The largest absolute Gasteiger partial charge is 0.352 e. The number of anilines is 1. The molecule has 0 spiro atoms. The van der Waals surface area contributed by atoms with Gasteiger partial charge in [-0.3, -0.25) is 13.9 Å². The smallest absolute Gasteiger partial charge is 0.244 e. The average molecular weight is 583 g/mol. The van der Waals surface area contributed by atoms with E-state index in [1.165, 1.54) is 29.2 Å². The number of sulfonamides is 1. The highest BCUT2D eigenvalue weighted by atomic mass is 35.5. The third-order valence-corrected chi connectivity index (χ3v) is 7.15. The molecular weight excluding hydrogens is 556 g/mol. The highest BCUT2D eigenvalue weighted by Gasteiger charge is 2.32. The predicted molar refractivity (Wildman–Crippen MR) is 143 cm³/mol. The highest BCUT2D eigenvalue weighted by Crippen LogP contribution is 2.28. The molecule has 0 radical (unpaired) electrons. The van der Waals surface area contributed by atoms with E-state index in [4.69, 9.17) is 46.4 Å². The van der Waals surface area contributed by atoms with E-state index in [0.717, 1.165) is 10.6 Å². The maximum Gasteiger partial charge on any atom is 0.244 e. The van der Waals surface area contributed by atoms with Crippen molar-refractivity contribution in [3.8, 4) is 0 Å². The van der Waals surface area contributed by atoms with Gasteiger partial charge in [-0.15, -0.1) is 0 Å². The number of nitrogens with zero attached hydrogens (tertiary/aromatic N) is 2. The van der Waals surface area contributed by atoms with Crippen molar-refractivity contribution in [2.24, 2.45) is 0 Å². The minimum Gasteiger partial charge on any atom is -0.352 e. The van der Waals surface area contributed by atoms with Crippen molar-refractivity contribution in [3.05, 3.63) is 62.1 Å². The lowest BCUT2D eigenvalue weighted by molar-refractivity contribution is -0.140. The van der Waals surface area contributed by atoms with Gasteiger partial charge in [-0.25, -0.2) is 8.42 Å². The Hall–Kier alpha value is -1.71. The molecule has 2 rings (SSSR count). The van der Waals surface area contributed by atoms with Gasteiger partial charge in [-0.1, -0.05) is 59.4 Å². The van der Waals surface area contributed by atoms with Crippen LogP contribution >= 0.6 is 46.4 Å². The topological polar surface area (TPSA) is 86.8 Å². The zero-order valence-electron chi connectivity index (χ0n) is 19.7. The lowest BCUT2D eigenvalue weighted by Gasteiger charge is -2.33. The minimum atomic E-state index is -3.91. The molecule has 12 heteroatoms. The molecular formula is C23H27Cl4N3O4S. The summed E-state index contributed by atoms with van der Waals surface area (Å²) in [7, 11) is -3.91. The number of nitrogens with one attached hydrogen (secondary N) is 1. The summed E-state index contributed by atoms with van der Waals surface area (Å²) in [5, 5.41) is 3.97. The Morgan fingerprint density at radius 1 is 0.971 bits per heavy atom. The van der Waals surface area contributed by atoms with Crippen molar-refractivity contribution in [1.29, 1.82) is 0 Å². The highest BCUT2D eigenvalue weighted by molar-refractivity contribution is 7.92. The molecule has 0 aliphatic rings. The summed E-state index contributed by atoms with van der Waals surface area (Å²) < 4.78 is 26.2. The SMILES string of the molecule is CC[C@@H](C(=O)NC(C)C)N(Cc1ccc(Cl)cc1Cl)C(=O)CN(c1cc(Cl)cc(Cl)c1)S(C)(=O)=O. The number of hydrogen-bond acceptors (Lipinski definition) is 4. The number of benzene rings is 2. The average Bonchev–Trinajstić information content (AvgIpc) is 2.71. The van der Waals surface area contributed by atoms with Crippen LogP contribution in [-0.4, -0.2) is 50.0 Å². The molecule has 1 N–H and O–H groups in total. The number of carbonyl (C=O) groups is 2. The molecule has 0 aromatic heterocycles. The third kappa shape index (κ3) is 8.43. The molecule has 0 aliphatic heterocycles. The maximum absolute atomic E-state index is 13.6. The summed E-state index contributed by atoms with van der Waals surface area (Å²) in [4.78, 5) is 27.9. The van der Waals surface area contributed by atoms with Crippen molar-refractivity contribution in [2.75, 3.05) is 17.1 Å². The molecule has 0 unspecified atom stereocenters. The molecule has 7 nitrogen and oxygen atoms in total. The number of rotatable bonds is 10. The molecule has 35 heavy (non-hydrogen) atoms. The summed E-state index contributed by atoms with van der Waals surface area (Å²) in [6, 6.07) is 8.02. The van der Waals surface area contributed by atoms with Gasteiger partial charge in [0.1, 0.15) is 12.6 Å². The summed E-state index contributed by atoms with van der Waals surface area (Å²) in [5.41, 5.74) is 0.680. The van der Waals surface area contributed by atoms with Crippen molar-refractivity contribution in [2.45, 2.75) is 45.8 Å². The third-order valence-electron chi connectivity index (χ3n) is 4.99. The van der Waals surface area contributed by atoms with Gasteiger partial charge < -0.3 is 10.2 Å². The second-order valence-corrected chi connectivity index (χ2v) is 11.9. The Bertz CT molecular complexity index is 1170. The van der Waals surface area contributed by atoms with Crippen LogP contribution in [-0.2, 0) is 26.2 Å². The number of halogens is 4. The second kappa shape index (κ2) is 12.5. The van der Waals surface area contributed by atoms with Gasteiger partial charge in [0.25, 0.3) is 0 Å². The monoisotopic (exact) mass is 581 g/mol. The Kier molecular flexibility index (Phi) is 10.5. The molecule has 2 amide bonds. The molecule has 0 aliphatic carbocycles. The molecule has 0 saturated heterocycles. The van der Waals surface area contributed by atoms with E-state index in [-0.39, 0.29) is 40.6 Å². The molecule has 0 saturated carbocycles. The van der Waals surface area contributed by atoms with Crippen LogP contribution in [0.15, 0.2) is 36.4 Å². The van der Waals surface area contributed by atoms with E-state index in [0.29, 0.717) is 15.6 Å². The molecule has 0 bridgehead atoms. The first-order valence-electron chi connectivity index (χ1n) is 10.7. The quantitative estimate of drug-likeness (QED) is 0.406. The van der Waals surface area contributed by atoms with Gasteiger partial charge in [-0.05, 0) is 56.2 Å². The Morgan fingerprint density at radius 3 is 2.06 bits per heavy atom. The molecule has 0 fully saturated rings. The minimum absolute atomic E-state index is 0.0350. The lowest BCUT2D eigenvalue weighted by Crippen LogP contribution is -2.53. The first-order valence-corrected chi connectivity index (χ1v) is 14.1. The van der Waals surface area contributed by atoms with E-state index < -0.39 is 28.5 Å². The van der Waals surface area contributed by atoms with Gasteiger partial charge in [0.15, 0.2) is 0 Å². The number of carbonyl (C=O) groups excluding carboxylic acids is 2. The summed E-state index contributed by atoms with van der Waals surface area (Å²) in [5.74, 6) is -0.971. The van der Waals surface area contributed by atoms with E-state index in [1.54, 1.807) is 32.9 Å². The van der Waals surface area contributed by atoms with Crippen molar-refractivity contribution < 1.29 is 18.0 Å². The molecule has 1 atom stereocenters. The van der Waals surface area contributed by atoms with E-state index in [1.807, 2.05) is 0 Å². The van der Waals surface area contributed by atoms with Gasteiger partial charge >= 0.3 is 0 Å². The fourth-order valence-corrected chi connectivity index (χ4v) is 5.25. The van der Waals surface area contributed by atoms with Crippen LogP contribution in [0, 0.1) is 0 Å². The first kappa shape index (κ1) is 29.5. The van der Waals surface area contributed by atoms with E-state index in [2.05, 4.69) is 5.32 Å². The number of hydrogen-bond donors (Lipinski definition) is 1. The van der Waals surface area contributed by atoms with Gasteiger partial charge in [0, 0.05) is 32.7 Å². The van der Waals surface area contributed by atoms with Crippen molar-refractivity contribution in [1.82, 2.24) is 10.2 Å². The van der Waals surface area contributed by atoms with E-state index in [9.17, 15) is 18.0 Å². The van der Waals surface area contributed by atoms with Crippen molar-refractivity contribution >= 4 is 73.9 Å². The summed E-state index contributed by atoms with van der Waals surface area (Å²) >= 11 is 24.5. The lowest BCUT2D eigenvalue weighted by atomic mass is 10.1. The van der Waals surface area contributed by atoms with Crippen LogP contribution in [0.4, 0.5) is 5.69 Å². The van der Waals surface area contributed by atoms with Crippen LogP contribution in [0.3, 0.4) is 0 Å². The fraction of sp³-hybridized carbons (Fsp3) is 0.391. The maximum atomic E-state index is 13.6. The Morgan fingerprint density at radius 2 is 1.57 bits per heavy atom. The predicted octanol–water partition coefficient (Wildman–Crippen LogP) is 5.40. The Labute approximate surface area is 226 Å². The normalized spacial score (nSPS) is 12.4.